The third-order valence-corrected chi connectivity index (χ3v) is 3.94. The number of nitrogens with zero attached hydrogens (tertiary/aromatic N) is 2. The zero-order valence-corrected chi connectivity index (χ0v) is 15.0. The van der Waals surface area contributed by atoms with Gasteiger partial charge in [-0.05, 0) is 31.2 Å². The number of fused-ring (bicyclic) bond motifs is 1. The van der Waals surface area contributed by atoms with Crippen LogP contribution in [0.2, 0.25) is 0 Å². The molecule has 3 rings (SSSR count). The van der Waals surface area contributed by atoms with E-state index in [4.69, 9.17) is 14.2 Å². The number of rotatable bonds is 5. The summed E-state index contributed by atoms with van der Waals surface area (Å²) < 4.78 is 15.6. The fourth-order valence-electron chi connectivity index (χ4n) is 2.62. The highest BCUT2D eigenvalue weighted by molar-refractivity contribution is 6.05. The number of hydrogen-bond acceptors (Lipinski definition) is 7. The minimum absolute atomic E-state index is 0.301. The van der Waals surface area contributed by atoms with Gasteiger partial charge < -0.3 is 19.5 Å². The molecule has 1 N–H and O–H groups in total. The van der Waals surface area contributed by atoms with Crippen molar-refractivity contribution in [2.24, 2.45) is 0 Å². The lowest BCUT2D eigenvalue weighted by Crippen LogP contribution is -2.08. The van der Waals surface area contributed by atoms with Gasteiger partial charge in [-0.15, -0.1) is 0 Å². The molecule has 0 saturated heterocycles. The van der Waals surface area contributed by atoms with Gasteiger partial charge in [0.15, 0.2) is 5.65 Å². The van der Waals surface area contributed by atoms with Crippen molar-refractivity contribution in [1.29, 1.82) is 0 Å². The summed E-state index contributed by atoms with van der Waals surface area (Å²) in [5.74, 6) is 0.760. The SMILES string of the molecule is COC(=O)c1cnc2nc(C)ccc2c1Nc1cc(OC)ccc1OC. The molecule has 0 radical (unpaired) electrons. The molecule has 2 heterocycles. The largest absolute Gasteiger partial charge is 0.497 e. The zero-order chi connectivity index (χ0) is 18.7. The number of carbonyl (C=O) groups excluding carboxylic acids is 1. The molecule has 3 aromatic rings. The molecule has 0 atom stereocenters. The second-order valence-corrected chi connectivity index (χ2v) is 5.55. The summed E-state index contributed by atoms with van der Waals surface area (Å²) in [5, 5.41) is 3.96. The van der Waals surface area contributed by atoms with Crippen molar-refractivity contribution in [3.8, 4) is 11.5 Å². The second-order valence-electron chi connectivity index (χ2n) is 5.55. The number of methoxy groups -OCH3 is 3. The van der Waals surface area contributed by atoms with Gasteiger partial charge in [0.25, 0.3) is 0 Å². The van der Waals surface area contributed by atoms with Crippen LogP contribution in [0.5, 0.6) is 11.5 Å². The molecule has 0 spiro atoms. The van der Waals surface area contributed by atoms with Gasteiger partial charge in [0.1, 0.15) is 17.1 Å². The van der Waals surface area contributed by atoms with E-state index in [1.54, 1.807) is 32.4 Å². The first kappa shape index (κ1) is 17.5. The van der Waals surface area contributed by atoms with E-state index in [9.17, 15) is 4.79 Å². The Labute approximate surface area is 150 Å². The molecule has 0 amide bonds. The summed E-state index contributed by atoms with van der Waals surface area (Å²) in [4.78, 5) is 20.9. The van der Waals surface area contributed by atoms with Gasteiger partial charge in [-0.1, -0.05) is 0 Å². The average molecular weight is 353 g/mol. The van der Waals surface area contributed by atoms with Crippen LogP contribution < -0.4 is 14.8 Å². The van der Waals surface area contributed by atoms with Crippen LogP contribution in [0.4, 0.5) is 11.4 Å². The molecule has 2 aromatic heterocycles. The van der Waals surface area contributed by atoms with E-state index in [0.717, 1.165) is 5.69 Å². The van der Waals surface area contributed by atoms with Crippen LogP contribution in [-0.4, -0.2) is 37.3 Å². The molecule has 0 aliphatic heterocycles. The maximum Gasteiger partial charge on any atom is 0.341 e. The van der Waals surface area contributed by atoms with Crippen molar-refractivity contribution in [2.75, 3.05) is 26.6 Å². The summed E-state index contributed by atoms with van der Waals surface area (Å²) in [6.45, 7) is 1.88. The summed E-state index contributed by atoms with van der Waals surface area (Å²) in [6.07, 6.45) is 1.45. The Hall–Kier alpha value is -3.35. The maximum atomic E-state index is 12.2. The smallest absolute Gasteiger partial charge is 0.341 e. The predicted octanol–water partition coefficient (Wildman–Crippen LogP) is 3.49. The van der Waals surface area contributed by atoms with E-state index in [0.29, 0.717) is 39.5 Å². The van der Waals surface area contributed by atoms with E-state index in [1.165, 1.54) is 13.3 Å². The van der Waals surface area contributed by atoms with Crippen molar-refractivity contribution in [1.82, 2.24) is 9.97 Å². The maximum absolute atomic E-state index is 12.2. The summed E-state index contributed by atoms with van der Waals surface area (Å²) in [5.41, 5.74) is 2.85. The Morgan fingerprint density at radius 1 is 1.08 bits per heavy atom. The Morgan fingerprint density at radius 3 is 2.58 bits per heavy atom. The van der Waals surface area contributed by atoms with Crippen LogP contribution in [0.25, 0.3) is 11.0 Å². The lowest BCUT2D eigenvalue weighted by molar-refractivity contribution is 0.0601. The van der Waals surface area contributed by atoms with Gasteiger partial charge in [-0.25, -0.2) is 14.8 Å². The Morgan fingerprint density at radius 2 is 1.88 bits per heavy atom. The van der Waals surface area contributed by atoms with Crippen LogP contribution in [0.1, 0.15) is 16.1 Å². The van der Waals surface area contributed by atoms with Gasteiger partial charge >= 0.3 is 5.97 Å². The number of aromatic nitrogens is 2. The fraction of sp³-hybridized carbons (Fsp3) is 0.211. The molecular formula is C19H19N3O4. The van der Waals surface area contributed by atoms with Crippen LogP contribution in [-0.2, 0) is 4.74 Å². The number of carbonyl (C=O) groups is 1. The first-order valence-corrected chi connectivity index (χ1v) is 7.91. The highest BCUT2D eigenvalue weighted by atomic mass is 16.5. The average Bonchev–Trinajstić information content (AvgIpc) is 2.67. The van der Waals surface area contributed by atoms with Crippen LogP contribution in [0.3, 0.4) is 0 Å². The minimum atomic E-state index is -0.496. The van der Waals surface area contributed by atoms with Gasteiger partial charge in [-0.3, -0.25) is 0 Å². The van der Waals surface area contributed by atoms with Gasteiger partial charge in [0.05, 0.1) is 32.7 Å². The molecule has 7 heteroatoms. The molecule has 0 fully saturated rings. The first-order chi connectivity index (χ1) is 12.6. The number of nitrogens with one attached hydrogen (secondary N) is 1. The molecule has 0 aliphatic carbocycles. The van der Waals surface area contributed by atoms with Gasteiger partial charge in [0, 0.05) is 23.3 Å². The number of hydrogen-bond donors (Lipinski definition) is 1. The monoisotopic (exact) mass is 353 g/mol. The summed E-state index contributed by atoms with van der Waals surface area (Å²) in [6, 6.07) is 9.09. The van der Waals surface area contributed by atoms with E-state index < -0.39 is 5.97 Å². The Bertz CT molecular complexity index is 972. The number of aryl methyl sites for hydroxylation is 1. The molecule has 0 unspecified atom stereocenters. The van der Waals surface area contributed by atoms with Crippen molar-refractivity contribution in [2.45, 2.75) is 6.92 Å². The van der Waals surface area contributed by atoms with Gasteiger partial charge in [-0.2, -0.15) is 0 Å². The first-order valence-electron chi connectivity index (χ1n) is 7.91. The summed E-state index contributed by atoms with van der Waals surface area (Å²) in [7, 11) is 4.49. The standard InChI is InChI=1S/C19H19N3O4/c1-11-5-7-13-17(14(19(23)26-4)10-20-18(13)21-11)22-15-9-12(24-2)6-8-16(15)25-3/h5-10H,1-4H3,(H,20,21,22). The van der Waals surface area contributed by atoms with Crippen molar-refractivity contribution < 1.29 is 19.0 Å². The third-order valence-electron chi connectivity index (χ3n) is 3.94. The Balaban J connectivity index is 2.21. The van der Waals surface area contributed by atoms with E-state index in [-0.39, 0.29) is 0 Å². The van der Waals surface area contributed by atoms with E-state index in [2.05, 4.69) is 15.3 Å². The molecule has 7 nitrogen and oxygen atoms in total. The Kier molecular flexibility index (Phi) is 4.88. The topological polar surface area (TPSA) is 82.6 Å². The van der Waals surface area contributed by atoms with Crippen molar-refractivity contribution in [3.63, 3.8) is 0 Å². The van der Waals surface area contributed by atoms with E-state index >= 15 is 0 Å². The number of benzene rings is 1. The molecule has 1 aromatic carbocycles. The molecule has 134 valence electrons. The van der Waals surface area contributed by atoms with Gasteiger partial charge in [0.2, 0.25) is 0 Å². The minimum Gasteiger partial charge on any atom is -0.497 e. The third kappa shape index (κ3) is 3.23. The number of ether oxygens (including phenoxy) is 3. The lowest BCUT2D eigenvalue weighted by atomic mass is 10.1. The van der Waals surface area contributed by atoms with Crippen LogP contribution in [0, 0.1) is 6.92 Å². The zero-order valence-electron chi connectivity index (χ0n) is 15.0. The molecule has 0 bridgehead atoms. The number of esters is 1. The molecule has 0 saturated carbocycles. The number of anilines is 2. The summed E-state index contributed by atoms with van der Waals surface area (Å²) >= 11 is 0. The highest BCUT2D eigenvalue weighted by Gasteiger charge is 2.18. The second kappa shape index (κ2) is 7.26. The van der Waals surface area contributed by atoms with Crippen molar-refractivity contribution >= 4 is 28.4 Å². The lowest BCUT2D eigenvalue weighted by Gasteiger charge is -2.16. The molecule has 26 heavy (non-hydrogen) atoms. The molecular weight excluding hydrogens is 334 g/mol. The molecule has 0 aliphatic rings. The van der Waals surface area contributed by atoms with E-state index in [1.807, 2.05) is 19.1 Å². The van der Waals surface area contributed by atoms with Crippen LogP contribution >= 0.6 is 0 Å². The van der Waals surface area contributed by atoms with Crippen molar-refractivity contribution in [3.05, 3.63) is 47.8 Å². The fourth-order valence-corrected chi connectivity index (χ4v) is 2.62. The van der Waals surface area contributed by atoms with Crippen LogP contribution in [0.15, 0.2) is 36.5 Å². The normalized spacial score (nSPS) is 10.5. The quantitative estimate of drug-likeness (QED) is 0.703. The number of pyridine rings is 2. The highest BCUT2D eigenvalue weighted by Crippen LogP contribution is 2.35. The predicted molar refractivity (Wildman–Crippen MR) is 98.4 cm³/mol.